The first-order valence-electron chi connectivity index (χ1n) is 17.7. The molecule has 2 bridgehead atoms. The van der Waals surface area contributed by atoms with E-state index in [0.717, 1.165) is 35.6 Å². The molecule has 3 atom stereocenters. The smallest absolute Gasteiger partial charge is 0.305 e. The van der Waals surface area contributed by atoms with Gasteiger partial charge in [0.2, 0.25) is 17.6 Å². The third-order valence-electron chi connectivity index (χ3n) is 9.76. The number of benzene rings is 3. The molecule has 2 heterocycles. The number of aryl methyl sites for hydroxylation is 1. The molecule has 1 saturated heterocycles. The topological polar surface area (TPSA) is 88.2 Å². The van der Waals surface area contributed by atoms with E-state index in [2.05, 4.69) is 17.2 Å². The maximum Gasteiger partial charge on any atom is 0.305 e. The van der Waals surface area contributed by atoms with Crippen molar-refractivity contribution in [3.05, 3.63) is 99.8 Å². The summed E-state index contributed by atoms with van der Waals surface area (Å²) in [5, 5.41) is 4.20. The lowest BCUT2D eigenvalue weighted by Gasteiger charge is -2.53. The lowest BCUT2D eigenvalue weighted by Crippen LogP contribution is -2.73. The van der Waals surface area contributed by atoms with Crippen molar-refractivity contribution >= 4 is 29.4 Å². The van der Waals surface area contributed by atoms with Crippen molar-refractivity contribution in [3.63, 3.8) is 0 Å². The van der Waals surface area contributed by atoms with Crippen LogP contribution in [0.2, 0.25) is 5.02 Å². The van der Waals surface area contributed by atoms with Crippen molar-refractivity contribution in [2.45, 2.75) is 88.5 Å². The first kappa shape index (κ1) is 37.2. The molecule has 52 heavy (non-hydrogen) atoms. The van der Waals surface area contributed by atoms with Gasteiger partial charge in [-0.25, -0.2) is 8.78 Å². The summed E-state index contributed by atoms with van der Waals surface area (Å²) in [5.74, 6) is 1.39. The quantitative estimate of drug-likeness (QED) is 0.0835. The average Bonchev–Trinajstić information content (AvgIpc) is 3.98. The molecule has 0 radical (unpaired) electrons. The van der Waals surface area contributed by atoms with Crippen LogP contribution in [0, 0.1) is 29.3 Å². The van der Waals surface area contributed by atoms with E-state index < -0.39 is 34.8 Å². The molecule has 6 rings (SSSR count). The molecule has 3 aromatic carbocycles. The predicted molar refractivity (Wildman–Crippen MR) is 189 cm³/mol. The highest BCUT2D eigenvalue weighted by Crippen LogP contribution is 2.41. The van der Waals surface area contributed by atoms with Crippen LogP contribution in [0.4, 0.5) is 13.2 Å². The number of fused-ring (bicyclic) bond motifs is 2. The second-order valence-corrected chi connectivity index (χ2v) is 13.8. The number of halogens is 4. The molecular weight excluding hydrogens is 695 g/mol. The Bertz CT molecular complexity index is 1860. The fraction of sp³-hybridized carbons (Fsp3) is 0.425. The van der Waals surface area contributed by atoms with Crippen LogP contribution < -0.4 is 10.1 Å². The van der Waals surface area contributed by atoms with E-state index in [1.807, 2.05) is 47.4 Å². The number of amides is 2. The Kier molecular flexibility index (Phi) is 11.8. The van der Waals surface area contributed by atoms with Gasteiger partial charge in [-0.3, -0.25) is 19.7 Å². The van der Waals surface area contributed by atoms with Gasteiger partial charge in [0.1, 0.15) is 6.04 Å². The molecule has 274 valence electrons. The van der Waals surface area contributed by atoms with Gasteiger partial charge in [0, 0.05) is 43.4 Å². The van der Waals surface area contributed by atoms with Crippen molar-refractivity contribution in [1.82, 2.24) is 15.1 Å². The van der Waals surface area contributed by atoms with Crippen LogP contribution in [0.5, 0.6) is 5.75 Å². The summed E-state index contributed by atoms with van der Waals surface area (Å²) in [4.78, 5) is 44.6. The Balaban J connectivity index is 1.26. The summed E-state index contributed by atoms with van der Waals surface area (Å²) in [6, 6.07) is 15.3. The largest absolute Gasteiger partial charge is 0.488 e. The highest BCUT2D eigenvalue weighted by atomic mass is 35.5. The van der Waals surface area contributed by atoms with Crippen molar-refractivity contribution in [2.24, 2.45) is 0 Å². The van der Waals surface area contributed by atoms with Gasteiger partial charge in [-0.15, -0.1) is 0 Å². The number of nitrogens with one attached hydrogen (secondary N) is 1. The van der Waals surface area contributed by atoms with Crippen molar-refractivity contribution < 1.29 is 37.0 Å². The van der Waals surface area contributed by atoms with E-state index in [1.54, 1.807) is 17.9 Å². The summed E-state index contributed by atoms with van der Waals surface area (Å²) >= 11 is 6.56. The number of rotatable bonds is 15. The van der Waals surface area contributed by atoms with Crippen molar-refractivity contribution in [2.75, 3.05) is 19.8 Å². The molecule has 0 aromatic heterocycles. The minimum atomic E-state index is -1.36. The highest BCUT2D eigenvalue weighted by molar-refractivity contribution is 6.31. The fourth-order valence-corrected chi connectivity index (χ4v) is 7.24. The number of carbonyl (C=O) groups excluding carboxylic acids is 3. The van der Waals surface area contributed by atoms with Crippen LogP contribution in [-0.4, -0.2) is 65.5 Å². The summed E-state index contributed by atoms with van der Waals surface area (Å²) in [6.45, 7) is 2.45. The molecule has 2 fully saturated rings. The Morgan fingerprint density at radius 1 is 1.00 bits per heavy atom. The molecule has 1 saturated carbocycles. The number of hydrogen-bond acceptors (Lipinski definition) is 6. The van der Waals surface area contributed by atoms with Gasteiger partial charge in [0.15, 0.2) is 17.4 Å². The summed E-state index contributed by atoms with van der Waals surface area (Å²) in [5.41, 5.74) is 1.47. The Morgan fingerprint density at radius 3 is 2.48 bits per heavy atom. The molecule has 3 aliphatic rings. The van der Waals surface area contributed by atoms with Crippen LogP contribution in [0.25, 0.3) is 0 Å². The first-order valence-corrected chi connectivity index (χ1v) is 18.1. The second kappa shape index (κ2) is 16.4. The summed E-state index contributed by atoms with van der Waals surface area (Å²) < 4.78 is 51.9. The molecule has 0 spiro atoms. The van der Waals surface area contributed by atoms with Crippen LogP contribution >= 0.6 is 11.6 Å². The van der Waals surface area contributed by atoms with Crippen LogP contribution in [0.1, 0.15) is 68.6 Å². The zero-order valence-corrected chi connectivity index (χ0v) is 29.7. The number of piperazine rings is 1. The lowest BCUT2D eigenvalue weighted by atomic mass is 9.73. The third kappa shape index (κ3) is 8.24. The Labute approximate surface area is 306 Å². The van der Waals surface area contributed by atoms with E-state index >= 15 is 4.79 Å². The number of esters is 1. The monoisotopic (exact) mass is 735 g/mol. The highest BCUT2D eigenvalue weighted by Gasteiger charge is 2.56. The SMILES string of the molecule is CCOC(=O)CCCC(=O)N1C[C@@H]2C#CC[C@](c3ccc(CCCOc4c(F)ccc(F)c4F)cc3)(N2)C1C(=O)N(Cc1ccccc1Cl)C1CC1. The van der Waals surface area contributed by atoms with E-state index in [-0.39, 0.29) is 75.3 Å². The van der Waals surface area contributed by atoms with Crippen LogP contribution in [-0.2, 0) is 37.6 Å². The van der Waals surface area contributed by atoms with Crippen molar-refractivity contribution in [3.8, 4) is 17.6 Å². The molecule has 2 aliphatic heterocycles. The molecule has 1 N–H and O–H groups in total. The van der Waals surface area contributed by atoms with Gasteiger partial charge in [0.25, 0.3) is 0 Å². The molecule has 8 nitrogen and oxygen atoms in total. The minimum absolute atomic E-state index is 0.00732. The fourth-order valence-electron chi connectivity index (χ4n) is 7.04. The van der Waals surface area contributed by atoms with Gasteiger partial charge >= 0.3 is 5.97 Å². The lowest BCUT2D eigenvalue weighted by molar-refractivity contribution is -0.155. The number of carbonyl (C=O) groups is 3. The molecule has 1 unspecified atom stereocenters. The number of hydrogen-bond donors (Lipinski definition) is 1. The maximum absolute atomic E-state index is 15.0. The van der Waals surface area contributed by atoms with E-state index in [1.165, 1.54) is 0 Å². The van der Waals surface area contributed by atoms with Gasteiger partial charge in [-0.2, -0.15) is 4.39 Å². The zero-order chi connectivity index (χ0) is 36.8. The molecule has 12 heteroatoms. The van der Waals surface area contributed by atoms with E-state index in [4.69, 9.17) is 21.1 Å². The molecule has 3 aromatic rings. The third-order valence-corrected chi connectivity index (χ3v) is 10.1. The zero-order valence-electron chi connectivity index (χ0n) is 28.9. The van der Waals surface area contributed by atoms with Gasteiger partial charge < -0.3 is 19.3 Å². The van der Waals surface area contributed by atoms with Gasteiger partial charge in [-0.05, 0) is 73.9 Å². The van der Waals surface area contributed by atoms with Crippen molar-refractivity contribution in [1.29, 1.82) is 0 Å². The Hall–Kier alpha value is -4.53. The normalized spacial score (nSPS) is 20.4. The van der Waals surface area contributed by atoms with E-state index in [0.29, 0.717) is 30.5 Å². The molecule has 2 amide bonds. The van der Waals surface area contributed by atoms with Gasteiger partial charge in [0.05, 0.1) is 24.8 Å². The second-order valence-electron chi connectivity index (χ2n) is 13.4. The van der Waals surface area contributed by atoms with Crippen LogP contribution in [0.3, 0.4) is 0 Å². The summed E-state index contributed by atoms with van der Waals surface area (Å²) in [7, 11) is 0. The Morgan fingerprint density at radius 2 is 1.75 bits per heavy atom. The molecular formula is C40H41ClF3N3O5. The number of ether oxygens (including phenoxy) is 2. The number of nitrogens with zero attached hydrogens (tertiary/aromatic N) is 2. The first-order chi connectivity index (χ1) is 25.1. The summed E-state index contributed by atoms with van der Waals surface area (Å²) in [6.07, 6.45) is 3.31. The standard InChI is InChI=1S/C40H41ClF3N3O5/c1-2-51-35(49)13-5-12-34(48)47-25-29-10-6-22-40(45-29,38(47)39(50)46(30-18-19-30)24-27-9-3-4-11-31(27)41)28-16-14-26(15-17-28)8-7-23-52-37-33(43)21-20-32(42)36(37)44/h3-4,9,11,14-17,20-21,29-30,38,45H,2,5,7-8,12-13,18-19,22-25H2,1H3/t29-,38?,40+/m0/s1. The minimum Gasteiger partial charge on any atom is -0.488 e. The average molecular weight is 736 g/mol. The molecule has 1 aliphatic carbocycles. The van der Waals surface area contributed by atoms with Crippen LogP contribution in [0.15, 0.2) is 60.7 Å². The van der Waals surface area contributed by atoms with E-state index in [9.17, 15) is 22.8 Å². The predicted octanol–water partition coefficient (Wildman–Crippen LogP) is 6.46. The maximum atomic E-state index is 15.0. The van der Waals surface area contributed by atoms with Gasteiger partial charge in [-0.1, -0.05) is 65.9 Å².